The first-order chi connectivity index (χ1) is 9.63. The van der Waals surface area contributed by atoms with Crippen molar-refractivity contribution in [2.45, 2.75) is 13.3 Å². The van der Waals surface area contributed by atoms with E-state index in [1.807, 2.05) is 37.3 Å². The molecule has 0 radical (unpaired) electrons. The van der Waals surface area contributed by atoms with Crippen LogP contribution < -0.4 is 16.4 Å². The summed E-state index contributed by atoms with van der Waals surface area (Å²) in [6.07, 6.45) is 0.568. The quantitative estimate of drug-likeness (QED) is 0.774. The number of amides is 1. The van der Waals surface area contributed by atoms with E-state index in [1.54, 1.807) is 0 Å². The van der Waals surface area contributed by atoms with Crippen molar-refractivity contribution in [3.63, 3.8) is 0 Å². The smallest absolute Gasteiger partial charge is 0.231 e. The second kappa shape index (κ2) is 4.80. The van der Waals surface area contributed by atoms with Gasteiger partial charge in [-0.3, -0.25) is 4.79 Å². The van der Waals surface area contributed by atoms with Gasteiger partial charge in [0.1, 0.15) is 11.6 Å². The SMILES string of the molecule is CC1Cc2c(N)nc(Nc3ccccc3)nc2NC1=O. The summed E-state index contributed by atoms with van der Waals surface area (Å²) in [5.74, 6) is 1.13. The van der Waals surface area contributed by atoms with Crippen LogP contribution in [0.25, 0.3) is 0 Å². The van der Waals surface area contributed by atoms with Crippen molar-refractivity contribution in [3.05, 3.63) is 35.9 Å². The van der Waals surface area contributed by atoms with Crippen molar-refractivity contribution in [1.29, 1.82) is 0 Å². The molecular weight excluding hydrogens is 254 g/mol. The van der Waals surface area contributed by atoms with Crippen LogP contribution in [0.5, 0.6) is 0 Å². The number of carbonyl (C=O) groups is 1. The number of nitrogens with zero attached hydrogens (tertiary/aromatic N) is 2. The topological polar surface area (TPSA) is 92.9 Å². The van der Waals surface area contributed by atoms with Gasteiger partial charge < -0.3 is 16.4 Å². The number of para-hydroxylation sites is 1. The van der Waals surface area contributed by atoms with E-state index < -0.39 is 0 Å². The van der Waals surface area contributed by atoms with Crippen LogP contribution in [-0.2, 0) is 11.2 Å². The molecule has 1 aliphatic rings. The molecule has 1 aromatic heterocycles. The molecule has 2 heterocycles. The molecule has 0 bridgehead atoms. The molecule has 6 heteroatoms. The van der Waals surface area contributed by atoms with E-state index in [0.29, 0.717) is 24.0 Å². The van der Waals surface area contributed by atoms with E-state index in [1.165, 1.54) is 0 Å². The fourth-order valence-corrected chi connectivity index (χ4v) is 2.15. The van der Waals surface area contributed by atoms with Crippen molar-refractivity contribution >= 4 is 29.2 Å². The molecule has 1 atom stereocenters. The summed E-state index contributed by atoms with van der Waals surface area (Å²) in [5.41, 5.74) is 7.63. The Labute approximate surface area is 116 Å². The first kappa shape index (κ1) is 12.4. The highest BCUT2D eigenvalue weighted by atomic mass is 16.2. The maximum atomic E-state index is 11.7. The van der Waals surface area contributed by atoms with E-state index in [0.717, 1.165) is 11.3 Å². The maximum absolute atomic E-state index is 11.7. The van der Waals surface area contributed by atoms with Crippen molar-refractivity contribution in [3.8, 4) is 0 Å². The molecule has 20 heavy (non-hydrogen) atoms. The molecule has 102 valence electrons. The fourth-order valence-electron chi connectivity index (χ4n) is 2.15. The van der Waals surface area contributed by atoms with E-state index >= 15 is 0 Å². The van der Waals surface area contributed by atoms with E-state index in [-0.39, 0.29) is 11.8 Å². The molecule has 0 saturated heterocycles. The zero-order chi connectivity index (χ0) is 14.1. The lowest BCUT2D eigenvalue weighted by molar-refractivity contribution is -0.119. The average Bonchev–Trinajstić information content (AvgIpc) is 2.42. The number of nitrogens with one attached hydrogen (secondary N) is 2. The van der Waals surface area contributed by atoms with Gasteiger partial charge in [0.25, 0.3) is 0 Å². The van der Waals surface area contributed by atoms with Crippen LogP contribution in [0.1, 0.15) is 12.5 Å². The van der Waals surface area contributed by atoms with E-state index in [2.05, 4.69) is 20.6 Å². The zero-order valence-electron chi connectivity index (χ0n) is 11.1. The first-order valence-electron chi connectivity index (χ1n) is 6.43. The Kier molecular flexibility index (Phi) is 2.98. The van der Waals surface area contributed by atoms with E-state index in [4.69, 9.17) is 5.73 Å². The second-order valence-electron chi connectivity index (χ2n) is 4.85. The molecule has 1 aromatic carbocycles. The van der Waals surface area contributed by atoms with Crippen LogP contribution in [0, 0.1) is 5.92 Å². The lowest BCUT2D eigenvalue weighted by Gasteiger charge is -2.22. The van der Waals surface area contributed by atoms with Gasteiger partial charge in [0.2, 0.25) is 11.9 Å². The third kappa shape index (κ3) is 2.27. The van der Waals surface area contributed by atoms with Gasteiger partial charge in [-0.2, -0.15) is 9.97 Å². The van der Waals surface area contributed by atoms with Crippen LogP contribution in [0.15, 0.2) is 30.3 Å². The van der Waals surface area contributed by atoms with Crippen molar-refractivity contribution in [1.82, 2.24) is 9.97 Å². The van der Waals surface area contributed by atoms with Crippen LogP contribution >= 0.6 is 0 Å². The average molecular weight is 269 g/mol. The summed E-state index contributed by atoms with van der Waals surface area (Å²) < 4.78 is 0. The number of aromatic nitrogens is 2. The minimum atomic E-state index is -0.110. The van der Waals surface area contributed by atoms with Crippen LogP contribution in [-0.4, -0.2) is 15.9 Å². The molecule has 0 aliphatic carbocycles. The minimum Gasteiger partial charge on any atom is -0.383 e. The molecule has 1 amide bonds. The number of anilines is 4. The lowest BCUT2D eigenvalue weighted by atomic mass is 9.97. The van der Waals surface area contributed by atoms with Gasteiger partial charge in [0.05, 0.1) is 0 Å². The summed E-state index contributed by atoms with van der Waals surface area (Å²) in [6.45, 7) is 1.86. The number of carbonyl (C=O) groups excluding carboxylic acids is 1. The third-order valence-electron chi connectivity index (χ3n) is 3.27. The molecule has 3 rings (SSSR count). The summed E-state index contributed by atoms with van der Waals surface area (Å²) in [5, 5.41) is 5.83. The Morgan fingerprint density at radius 1 is 1.30 bits per heavy atom. The number of nitrogen functional groups attached to an aromatic ring is 1. The minimum absolute atomic E-state index is 0.0405. The van der Waals surface area contributed by atoms with E-state index in [9.17, 15) is 4.79 Å². The number of rotatable bonds is 2. The Morgan fingerprint density at radius 2 is 2.05 bits per heavy atom. The summed E-state index contributed by atoms with van der Waals surface area (Å²) in [6, 6.07) is 9.55. The molecule has 2 aromatic rings. The van der Waals surface area contributed by atoms with Gasteiger partial charge in [0.15, 0.2) is 0 Å². The molecule has 0 saturated carbocycles. The Morgan fingerprint density at radius 3 is 2.80 bits per heavy atom. The van der Waals surface area contributed by atoms with Gasteiger partial charge in [-0.15, -0.1) is 0 Å². The van der Waals surface area contributed by atoms with Crippen LogP contribution in [0.3, 0.4) is 0 Å². The number of fused-ring (bicyclic) bond motifs is 1. The number of hydrogen-bond acceptors (Lipinski definition) is 5. The van der Waals surface area contributed by atoms with Crippen molar-refractivity contribution < 1.29 is 4.79 Å². The first-order valence-corrected chi connectivity index (χ1v) is 6.43. The molecule has 4 N–H and O–H groups in total. The predicted octanol–water partition coefficient (Wildman–Crippen LogP) is 1.93. The highest BCUT2D eigenvalue weighted by Crippen LogP contribution is 2.29. The fraction of sp³-hybridized carbons (Fsp3) is 0.214. The van der Waals surface area contributed by atoms with Gasteiger partial charge >= 0.3 is 0 Å². The Hall–Kier alpha value is -2.63. The standard InChI is InChI=1S/C14H15N5O/c1-8-7-10-11(15)17-14(19-12(10)18-13(8)20)16-9-5-3-2-4-6-9/h2-6,8H,7H2,1H3,(H4,15,16,17,18,19,20). The van der Waals surface area contributed by atoms with Gasteiger partial charge in [-0.05, 0) is 18.6 Å². The van der Waals surface area contributed by atoms with Crippen molar-refractivity contribution in [2.24, 2.45) is 5.92 Å². The zero-order valence-corrected chi connectivity index (χ0v) is 11.1. The number of benzene rings is 1. The molecular formula is C14H15N5O. The Balaban J connectivity index is 1.93. The summed E-state index contributed by atoms with van der Waals surface area (Å²) >= 11 is 0. The molecule has 0 fully saturated rings. The number of nitrogens with two attached hydrogens (primary N) is 1. The molecule has 0 spiro atoms. The normalized spacial score (nSPS) is 17.2. The monoisotopic (exact) mass is 269 g/mol. The van der Waals surface area contributed by atoms with Crippen molar-refractivity contribution in [2.75, 3.05) is 16.4 Å². The van der Waals surface area contributed by atoms with Gasteiger partial charge in [-0.25, -0.2) is 0 Å². The summed E-state index contributed by atoms with van der Waals surface area (Å²) in [7, 11) is 0. The van der Waals surface area contributed by atoms with Gasteiger partial charge in [-0.1, -0.05) is 25.1 Å². The molecule has 6 nitrogen and oxygen atoms in total. The number of hydrogen-bond donors (Lipinski definition) is 3. The lowest BCUT2D eigenvalue weighted by Crippen LogP contribution is -2.29. The Bertz CT molecular complexity index is 656. The highest BCUT2D eigenvalue weighted by molar-refractivity contribution is 5.95. The van der Waals surface area contributed by atoms with Crippen LogP contribution in [0.4, 0.5) is 23.3 Å². The third-order valence-corrected chi connectivity index (χ3v) is 3.27. The maximum Gasteiger partial charge on any atom is 0.231 e. The highest BCUT2D eigenvalue weighted by Gasteiger charge is 2.26. The summed E-state index contributed by atoms with van der Waals surface area (Å²) in [4.78, 5) is 20.3. The predicted molar refractivity (Wildman–Crippen MR) is 77.7 cm³/mol. The van der Waals surface area contributed by atoms with Gasteiger partial charge in [0, 0.05) is 17.2 Å². The second-order valence-corrected chi connectivity index (χ2v) is 4.85. The largest absolute Gasteiger partial charge is 0.383 e. The molecule has 1 unspecified atom stereocenters. The molecule has 1 aliphatic heterocycles. The van der Waals surface area contributed by atoms with Crippen LogP contribution in [0.2, 0.25) is 0 Å².